The molecule has 2 heterocycles. The third-order valence-electron chi connectivity index (χ3n) is 3.29. The lowest BCUT2D eigenvalue weighted by atomic mass is 10.2. The molecule has 5 nitrogen and oxygen atoms in total. The number of amides is 1. The summed E-state index contributed by atoms with van der Waals surface area (Å²) in [6.07, 6.45) is -2.51. The van der Waals surface area contributed by atoms with Gasteiger partial charge in [-0.2, -0.15) is 18.3 Å². The number of nitrogens with zero attached hydrogens (tertiary/aromatic N) is 3. The molecule has 0 spiro atoms. The zero-order chi connectivity index (χ0) is 18.0. The van der Waals surface area contributed by atoms with Gasteiger partial charge in [0.25, 0.3) is 5.91 Å². The summed E-state index contributed by atoms with van der Waals surface area (Å²) in [5, 5.41) is 6.01. The molecule has 0 aliphatic carbocycles. The van der Waals surface area contributed by atoms with Crippen molar-refractivity contribution < 1.29 is 18.0 Å². The van der Waals surface area contributed by atoms with Crippen molar-refractivity contribution in [2.75, 3.05) is 5.32 Å². The summed E-state index contributed by atoms with van der Waals surface area (Å²) in [7, 11) is 0. The van der Waals surface area contributed by atoms with E-state index in [-0.39, 0.29) is 16.5 Å². The number of para-hydroxylation sites is 1. The second kappa shape index (κ2) is 6.56. The fourth-order valence-corrected chi connectivity index (χ4v) is 2.39. The summed E-state index contributed by atoms with van der Waals surface area (Å²) in [6.45, 7) is 0. The Morgan fingerprint density at radius 3 is 2.48 bits per heavy atom. The molecule has 0 aliphatic rings. The Morgan fingerprint density at radius 2 is 1.84 bits per heavy atom. The van der Waals surface area contributed by atoms with Crippen LogP contribution in [0.3, 0.4) is 0 Å². The van der Waals surface area contributed by atoms with E-state index in [1.165, 1.54) is 30.5 Å². The fourth-order valence-electron chi connectivity index (χ4n) is 2.22. The van der Waals surface area contributed by atoms with E-state index in [0.717, 1.165) is 6.20 Å². The van der Waals surface area contributed by atoms with Crippen molar-refractivity contribution in [3.8, 4) is 5.69 Å². The number of benzene rings is 1. The van der Waals surface area contributed by atoms with Crippen molar-refractivity contribution >= 4 is 23.2 Å². The van der Waals surface area contributed by atoms with E-state index in [1.807, 2.05) is 0 Å². The van der Waals surface area contributed by atoms with Gasteiger partial charge in [0.2, 0.25) is 0 Å². The number of aromatic nitrogens is 3. The summed E-state index contributed by atoms with van der Waals surface area (Å²) in [5.41, 5.74) is -1.49. The summed E-state index contributed by atoms with van der Waals surface area (Å²) in [5.74, 6) is -0.982. The number of halogens is 4. The van der Waals surface area contributed by atoms with Crippen LogP contribution < -0.4 is 5.32 Å². The summed E-state index contributed by atoms with van der Waals surface area (Å²) in [6, 6.07) is 10.7. The average molecular weight is 367 g/mol. The van der Waals surface area contributed by atoms with Gasteiger partial charge in [0.15, 0.2) is 10.8 Å². The van der Waals surface area contributed by atoms with Gasteiger partial charge in [0.1, 0.15) is 0 Å². The Hall–Kier alpha value is -2.87. The molecule has 0 radical (unpaired) electrons. The molecule has 3 aromatic rings. The van der Waals surface area contributed by atoms with Crippen LogP contribution in [-0.4, -0.2) is 20.7 Å². The number of pyridine rings is 1. The van der Waals surface area contributed by atoms with Crippen molar-refractivity contribution in [3.63, 3.8) is 0 Å². The van der Waals surface area contributed by atoms with Gasteiger partial charge in [0.05, 0.1) is 23.1 Å². The van der Waals surface area contributed by atoms with Gasteiger partial charge in [-0.3, -0.25) is 4.79 Å². The summed E-state index contributed by atoms with van der Waals surface area (Å²) < 4.78 is 41.3. The Balaban J connectivity index is 2.04. The number of anilines is 1. The van der Waals surface area contributed by atoms with Gasteiger partial charge in [-0.1, -0.05) is 29.8 Å². The highest BCUT2D eigenvalue weighted by Gasteiger charge is 2.40. The Morgan fingerprint density at radius 1 is 1.12 bits per heavy atom. The highest BCUT2D eigenvalue weighted by molar-refractivity contribution is 6.32. The molecule has 9 heteroatoms. The molecule has 0 aliphatic heterocycles. The van der Waals surface area contributed by atoms with E-state index < -0.39 is 23.3 Å². The molecule has 1 aromatic carbocycles. The molecule has 0 saturated heterocycles. The van der Waals surface area contributed by atoms with E-state index in [2.05, 4.69) is 15.4 Å². The van der Waals surface area contributed by atoms with Gasteiger partial charge in [-0.25, -0.2) is 9.67 Å². The lowest BCUT2D eigenvalue weighted by molar-refractivity contribution is -0.143. The Bertz CT molecular complexity index is 909. The quantitative estimate of drug-likeness (QED) is 0.707. The molecule has 0 bridgehead atoms. The topological polar surface area (TPSA) is 59.8 Å². The van der Waals surface area contributed by atoms with Crippen molar-refractivity contribution in [1.82, 2.24) is 14.8 Å². The number of carbonyl (C=O) groups is 1. The van der Waals surface area contributed by atoms with Crippen LogP contribution in [0.4, 0.5) is 18.9 Å². The molecule has 1 N–H and O–H groups in total. The molecule has 128 valence electrons. The summed E-state index contributed by atoms with van der Waals surface area (Å²) >= 11 is 5.82. The van der Waals surface area contributed by atoms with Crippen molar-refractivity contribution in [3.05, 3.63) is 71.3 Å². The predicted molar refractivity (Wildman–Crippen MR) is 85.8 cm³/mol. The lowest BCUT2D eigenvalue weighted by Crippen LogP contribution is -2.20. The number of alkyl halides is 3. The minimum Gasteiger partial charge on any atom is -0.319 e. The average Bonchev–Trinajstić information content (AvgIpc) is 3.03. The van der Waals surface area contributed by atoms with Crippen LogP contribution >= 0.6 is 11.6 Å². The third-order valence-corrected chi connectivity index (χ3v) is 3.59. The van der Waals surface area contributed by atoms with Gasteiger partial charge < -0.3 is 5.32 Å². The molecule has 25 heavy (non-hydrogen) atoms. The molecular formula is C16H10ClF3N4O. The van der Waals surface area contributed by atoms with Crippen LogP contribution in [0.5, 0.6) is 0 Å². The standard InChI is InChI=1S/C16H10ClF3N4O/c17-14-12(7-4-8-21-14)23-15(25)11-9-22-24(13(11)16(18,19)20)10-5-2-1-3-6-10/h1-9H,(H,23,25). The fraction of sp³-hybridized carbons (Fsp3) is 0.0625. The second-order valence-corrected chi connectivity index (χ2v) is 5.31. The van der Waals surface area contributed by atoms with Crippen LogP contribution in [0.1, 0.15) is 16.1 Å². The zero-order valence-electron chi connectivity index (χ0n) is 12.5. The molecule has 3 rings (SSSR count). The van der Waals surface area contributed by atoms with Crippen LogP contribution in [0.15, 0.2) is 54.9 Å². The first-order chi connectivity index (χ1) is 11.9. The molecule has 0 atom stereocenters. The minimum atomic E-state index is -4.78. The van der Waals surface area contributed by atoms with Crippen molar-refractivity contribution in [2.45, 2.75) is 6.18 Å². The second-order valence-electron chi connectivity index (χ2n) is 4.95. The van der Waals surface area contributed by atoms with Crippen LogP contribution in [0.2, 0.25) is 5.15 Å². The first-order valence-corrected chi connectivity index (χ1v) is 7.38. The molecule has 2 aromatic heterocycles. The smallest absolute Gasteiger partial charge is 0.319 e. The maximum atomic E-state index is 13.5. The normalized spacial score (nSPS) is 11.4. The molecule has 0 saturated carbocycles. The number of hydrogen-bond donors (Lipinski definition) is 1. The zero-order valence-corrected chi connectivity index (χ0v) is 13.2. The van der Waals surface area contributed by atoms with Gasteiger partial charge >= 0.3 is 6.18 Å². The third kappa shape index (κ3) is 3.48. The number of carbonyl (C=O) groups excluding carboxylic acids is 1. The molecule has 0 fully saturated rings. The van der Waals surface area contributed by atoms with E-state index >= 15 is 0 Å². The minimum absolute atomic E-state index is 0.0279. The Kier molecular flexibility index (Phi) is 4.45. The maximum absolute atomic E-state index is 13.5. The highest BCUT2D eigenvalue weighted by atomic mass is 35.5. The monoisotopic (exact) mass is 366 g/mol. The molecular weight excluding hydrogens is 357 g/mol. The number of rotatable bonds is 3. The lowest BCUT2D eigenvalue weighted by Gasteiger charge is -2.13. The van der Waals surface area contributed by atoms with Crippen molar-refractivity contribution in [1.29, 1.82) is 0 Å². The SMILES string of the molecule is O=C(Nc1cccnc1Cl)c1cnn(-c2ccccc2)c1C(F)(F)F. The van der Waals surface area contributed by atoms with Crippen LogP contribution in [0.25, 0.3) is 5.69 Å². The van der Waals surface area contributed by atoms with Gasteiger partial charge in [-0.05, 0) is 24.3 Å². The predicted octanol–water partition coefficient (Wildman–Crippen LogP) is 4.19. The first kappa shape index (κ1) is 17.0. The van der Waals surface area contributed by atoms with Gasteiger partial charge in [-0.15, -0.1) is 0 Å². The van der Waals surface area contributed by atoms with E-state index in [0.29, 0.717) is 4.68 Å². The highest BCUT2D eigenvalue weighted by Crippen LogP contribution is 2.34. The number of nitrogens with one attached hydrogen (secondary N) is 1. The van der Waals surface area contributed by atoms with Crippen LogP contribution in [0, 0.1) is 0 Å². The van der Waals surface area contributed by atoms with E-state index in [1.54, 1.807) is 18.2 Å². The van der Waals surface area contributed by atoms with E-state index in [9.17, 15) is 18.0 Å². The van der Waals surface area contributed by atoms with Crippen LogP contribution in [-0.2, 0) is 6.18 Å². The largest absolute Gasteiger partial charge is 0.434 e. The maximum Gasteiger partial charge on any atom is 0.434 e. The van der Waals surface area contributed by atoms with Crippen molar-refractivity contribution in [2.24, 2.45) is 0 Å². The number of hydrogen-bond acceptors (Lipinski definition) is 3. The molecule has 0 unspecified atom stereocenters. The first-order valence-electron chi connectivity index (χ1n) is 7.00. The Labute approximate surface area is 145 Å². The molecule has 1 amide bonds. The summed E-state index contributed by atoms with van der Waals surface area (Å²) in [4.78, 5) is 16.1. The van der Waals surface area contributed by atoms with Gasteiger partial charge in [0, 0.05) is 6.20 Å². The van der Waals surface area contributed by atoms with E-state index in [4.69, 9.17) is 11.6 Å².